The third-order valence-electron chi connectivity index (χ3n) is 4.08. The number of benzene rings is 1. The zero-order valence-corrected chi connectivity index (χ0v) is 17.0. The number of ether oxygens (including phenoxy) is 1. The number of nitrogens with zero attached hydrogens (tertiary/aromatic N) is 2. The fraction of sp³-hybridized carbons (Fsp3) is 0.368. The standard InChI is InChI=1S/C19H22N4O4S/c1-5-26-17(24)15-12(4)20-18(25)21-14(15)9-28-19-23-22-16(27-19)13-7-10(2)6-11(3)8-13/h6-8,12H,5,9H2,1-4H3,(H2,20,21,25)/t12-/m0/s1. The van der Waals surface area contributed by atoms with E-state index in [1.165, 1.54) is 11.8 Å². The molecule has 1 aliphatic rings. The Morgan fingerprint density at radius 3 is 2.64 bits per heavy atom. The molecule has 0 saturated carbocycles. The molecule has 1 atom stereocenters. The van der Waals surface area contributed by atoms with Crippen LogP contribution in [0.1, 0.15) is 25.0 Å². The van der Waals surface area contributed by atoms with Crippen molar-refractivity contribution in [3.63, 3.8) is 0 Å². The molecule has 0 fully saturated rings. The number of nitrogens with one attached hydrogen (secondary N) is 2. The van der Waals surface area contributed by atoms with Crippen molar-refractivity contribution in [1.82, 2.24) is 20.8 Å². The zero-order valence-electron chi connectivity index (χ0n) is 16.2. The number of thioether (sulfide) groups is 1. The highest BCUT2D eigenvalue weighted by molar-refractivity contribution is 7.99. The summed E-state index contributed by atoms with van der Waals surface area (Å²) in [6.07, 6.45) is 0. The normalized spacial score (nSPS) is 16.6. The van der Waals surface area contributed by atoms with Crippen LogP contribution in [0.15, 0.2) is 39.1 Å². The number of aryl methyl sites for hydroxylation is 2. The van der Waals surface area contributed by atoms with E-state index in [1.54, 1.807) is 13.8 Å². The van der Waals surface area contributed by atoms with Crippen molar-refractivity contribution in [2.24, 2.45) is 0 Å². The van der Waals surface area contributed by atoms with Gasteiger partial charge in [0.05, 0.1) is 18.2 Å². The van der Waals surface area contributed by atoms with Crippen LogP contribution < -0.4 is 10.6 Å². The number of rotatable bonds is 6. The molecule has 0 radical (unpaired) electrons. The minimum atomic E-state index is -0.459. The van der Waals surface area contributed by atoms with E-state index in [4.69, 9.17) is 9.15 Å². The largest absolute Gasteiger partial charge is 0.463 e. The number of aromatic nitrogens is 2. The predicted molar refractivity (Wildman–Crippen MR) is 105 cm³/mol. The van der Waals surface area contributed by atoms with E-state index in [9.17, 15) is 9.59 Å². The Balaban J connectivity index is 1.78. The number of hydrogen-bond acceptors (Lipinski definition) is 7. The molecule has 2 aromatic rings. The van der Waals surface area contributed by atoms with Gasteiger partial charge in [-0.2, -0.15) is 0 Å². The third-order valence-corrected chi connectivity index (χ3v) is 4.93. The van der Waals surface area contributed by atoms with Gasteiger partial charge >= 0.3 is 12.0 Å². The molecule has 1 aromatic heterocycles. The highest BCUT2D eigenvalue weighted by atomic mass is 32.2. The van der Waals surface area contributed by atoms with Crippen LogP contribution in [0.2, 0.25) is 0 Å². The molecule has 148 valence electrons. The molecule has 0 aliphatic carbocycles. The molecule has 0 bridgehead atoms. The topological polar surface area (TPSA) is 106 Å². The van der Waals surface area contributed by atoms with Crippen LogP contribution in [-0.4, -0.2) is 40.6 Å². The first-order valence-electron chi connectivity index (χ1n) is 8.90. The monoisotopic (exact) mass is 402 g/mol. The summed E-state index contributed by atoms with van der Waals surface area (Å²) in [7, 11) is 0. The molecule has 0 spiro atoms. The van der Waals surface area contributed by atoms with Crippen LogP contribution in [0.3, 0.4) is 0 Å². The lowest BCUT2D eigenvalue weighted by Gasteiger charge is -2.26. The van der Waals surface area contributed by atoms with Crippen LogP contribution >= 0.6 is 11.8 Å². The van der Waals surface area contributed by atoms with Gasteiger partial charge in [-0.3, -0.25) is 0 Å². The lowest BCUT2D eigenvalue weighted by Crippen LogP contribution is -2.49. The van der Waals surface area contributed by atoms with E-state index in [0.717, 1.165) is 16.7 Å². The summed E-state index contributed by atoms with van der Waals surface area (Å²) in [4.78, 5) is 24.1. The van der Waals surface area contributed by atoms with Gasteiger partial charge in [-0.05, 0) is 39.8 Å². The average molecular weight is 402 g/mol. The number of carbonyl (C=O) groups excluding carboxylic acids is 2. The van der Waals surface area contributed by atoms with Crippen molar-refractivity contribution in [3.05, 3.63) is 40.6 Å². The Kier molecular flexibility index (Phi) is 6.03. The first-order chi connectivity index (χ1) is 13.4. The van der Waals surface area contributed by atoms with Gasteiger partial charge in [-0.25, -0.2) is 9.59 Å². The van der Waals surface area contributed by atoms with Crippen LogP contribution in [0.25, 0.3) is 11.5 Å². The minimum absolute atomic E-state index is 0.256. The molecule has 2 amide bonds. The fourth-order valence-corrected chi connectivity index (χ4v) is 3.74. The van der Waals surface area contributed by atoms with Crippen molar-refractivity contribution < 1.29 is 18.7 Å². The Morgan fingerprint density at radius 1 is 1.25 bits per heavy atom. The zero-order chi connectivity index (χ0) is 20.3. The van der Waals surface area contributed by atoms with E-state index in [-0.39, 0.29) is 12.6 Å². The Morgan fingerprint density at radius 2 is 1.96 bits per heavy atom. The molecule has 1 aliphatic heterocycles. The van der Waals surface area contributed by atoms with Crippen LogP contribution in [0, 0.1) is 13.8 Å². The van der Waals surface area contributed by atoms with Crippen molar-refractivity contribution in [2.75, 3.05) is 12.4 Å². The van der Waals surface area contributed by atoms with Gasteiger partial charge in [0.15, 0.2) is 0 Å². The minimum Gasteiger partial charge on any atom is -0.463 e. The summed E-state index contributed by atoms with van der Waals surface area (Å²) in [5, 5.41) is 13.9. The first-order valence-corrected chi connectivity index (χ1v) is 9.88. The maximum atomic E-state index is 12.3. The van der Waals surface area contributed by atoms with Crippen LogP contribution in [-0.2, 0) is 9.53 Å². The number of urea groups is 1. The summed E-state index contributed by atoms with van der Waals surface area (Å²) in [5.41, 5.74) is 3.94. The molecular formula is C19H22N4O4S. The molecular weight excluding hydrogens is 380 g/mol. The Hall–Kier alpha value is -2.81. The summed E-state index contributed by atoms with van der Waals surface area (Å²) in [5.74, 6) is 0.261. The summed E-state index contributed by atoms with van der Waals surface area (Å²) < 4.78 is 10.8. The lowest BCUT2D eigenvalue weighted by atomic mass is 10.1. The van der Waals surface area contributed by atoms with E-state index < -0.39 is 12.0 Å². The second-order valence-corrected chi connectivity index (χ2v) is 7.40. The molecule has 1 aromatic carbocycles. The molecule has 28 heavy (non-hydrogen) atoms. The second kappa shape index (κ2) is 8.47. The number of hydrogen-bond donors (Lipinski definition) is 2. The number of carbonyl (C=O) groups is 2. The highest BCUT2D eigenvalue weighted by Gasteiger charge is 2.29. The number of amides is 2. The quantitative estimate of drug-likeness (QED) is 0.565. The summed E-state index contributed by atoms with van der Waals surface area (Å²) in [6, 6.07) is 5.21. The van der Waals surface area contributed by atoms with Gasteiger partial charge in [-0.15, -0.1) is 10.2 Å². The summed E-state index contributed by atoms with van der Waals surface area (Å²) >= 11 is 1.25. The van der Waals surface area contributed by atoms with Crippen LogP contribution in [0.4, 0.5) is 4.79 Å². The summed E-state index contributed by atoms with van der Waals surface area (Å²) in [6.45, 7) is 7.74. The van der Waals surface area contributed by atoms with Crippen molar-refractivity contribution in [2.45, 2.75) is 39.0 Å². The SMILES string of the molecule is CCOC(=O)C1=C(CSc2nnc(-c3cc(C)cc(C)c3)o2)NC(=O)N[C@H]1C. The smallest absolute Gasteiger partial charge is 0.337 e. The maximum absolute atomic E-state index is 12.3. The van der Waals surface area contributed by atoms with Gasteiger partial charge in [0.25, 0.3) is 5.22 Å². The fourth-order valence-electron chi connectivity index (χ4n) is 3.01. The first kappa shape index (κ1) is 19.9. The Bertz CT molecular complexity index is 918. The van der Waals surface area contributed by atoms with Crippen molar-refractivity contribution >= 4 is 23.8 Å². The number of esters is 1. The average Bonchev–Trinajstić information content (AvgIpc) is 3.07. The maximum Gasteiger partial charge on any atom is 0.337 e. The molecule has 0 unspecified atom stereocenters. The van der Waals surface area contributed by atoms with E-state index in [0.29, 0.717) is 28.1 Å². The van der Waals surface area contributed by atoms with Gasteiger partial charge in [-0.1, -0.05) is 29.0 Å². The van der Waals surface area contributed by atoms with Crippen molar-refractivity contribution in [1.29, 1.82) is 0 Å². The van der Waals surface area contributed by atoms with E-state index in [2.05, 4.69) is 26.9 Å². The molecule has 0 saturated heterocycles. The van der Waals surface area contributed by atoms with E-state index in [1.807, 2.05) is 26.0 Å². The third kappa shape index (κ3) is 4.53. The molecule has 9 heteroatoms. The van der Waals surface area contributed by atoms with Gasteiger partial charge in [0.2, 0.25) is 5.89 Å². The van der Waals surface area contributed by atoms with Gasteiger partial charge in [0, 0.05) is 17.0 Å². The van der Waals surface area contributed by atoms with E-state index >= 15 is 0 Å². The van der Waals surface area contributed by atoms with Gasteiger partial charge in [0.1, 0.15) is 0 Å². The van der Waals surface area contributed by atoms with Gasteiger partial charge < -0.3 is 19.8 Å². The van der Waals surface area contributed by atoms with Crippen molar-refractivity contribution in [3.8, 4) is 11.5 Å². The second-order valence-electron chi connectivity index (χ2n) is 6.47. The van der Waals surface area contributed by atoms with Crippen LogP contribution in [0.5, 0.6) is 0 Å². The lowest BCUT2D eigenvalue weighted by molar-refractivity contribution is -0.138. The molecule has 8 nitrogen and oxygen atoms in total. The Labute approximate surface area is 167 Å². The predicted octanol–water partition coefficient (Wildman–Crippen LogP) is 2.96. The highest BCUT2D eigenvalue weighted by Crippen LogP contribution is 2.27. The molecule has 2 heterocycles. The molecule has 3 rings (SSSR count). The molecule has 2 N–H and O–H groups in total.